The first kappa shape index (κ1) is 22.6. The average molecular weight is 446 g/mol. The second-order valence-electron chi connectivity index (χ2n) is 8.45. The van der Waals surface area contributed by atoms with Crippen LogP contribution in [0.1, 0.15) is 48.5 Å². The number of nitrogens with zero attached hydrogens (tertiary/aromatic N) is 7. The molecule has 0 saturated carbocycles. The molecular weight excluding hydrogens is 418 g/mol. The van der Waals surface area contributed by atoms with Gasteiger partial charge in [0.05, 0.1) is 35.8 Å². The van der Waals surface area contributed by atoms with E-state index in [1.165, 1.54) is 0 Å². The van der Waals surface area contributed by atoms with Crippen molar-refractivity contribution in [3.05, 3.63) is 57.9 Å². The molecule has 9 nitrogen and oxygen atoms in total. The molecule has 4 rings (SSSR count). The summed E-state index contributed by atoms with van der Waals surface area (Å²) in [5, 5.41) is 9.02. The molecule has 1 fully saturated rings. The molecule has 0 spiro atoms. The summed E-state index contributed by atoms with van der Waals surface area (Å²) in [4.78, 5) is 32.8. The van der Waals surface area contributed by atoms with Crippen molar-refractivity contribution in [1.82, 2.24) is 24.5 Å². The van der Waals surface area contributed by atoms with E-state index in [0.717, 1.165) is 22.5 Å². The maximum Gasteiger partial charge on any atom is 0.250 e. The maximum absolute atomic E-state index is 11.8. The van der Waals surface area contributed by atoms with Gasteiger partial charge in [-0.1, -0.05) is 6.58 Å². The standard InChI is InChI=1S/C24H27N7O2/c1-14(7-6-10-25)21-22-23(27-17(4)16(3)26-22)29-24(28-21)31-11-15(2)33-19(13-31)18-8-9-20(32)30(5)12-18/h8-9,12,15,19H,1,6-7,11,13H2,2-5H3. The largest absolute Gasteiger partial charge is 0.367 e. The van der Waals surface area contributed by atoms with Crippen molar-refractivity contribution < 1.29 is 4.74 Å². The Labute approximate surface area is 192 Å². The maximum atomic E-state index is 11.8. The highest BCUT2D eigenvalue weighted by molar-refractivity contribution is 5.85. The summed E-state index contributed by atoms with van der Waals surface area (Å²) in [6.07, 6.45) is 2.34. The van der Waals surface area contributed by atoms with Crippen molar-refractivity contribution in [2.75, 3.05) is 18.0 Å². The van der Waals surface area contributed by atoms with Crippen LogP contribution in [0.25, 0.3) is 16.7 Å². The van der Waals surface area contributed by atoms with Crippen LogP contribution >= 0.6 is 0 Å². The molecule has 0 N–H and O–H groups in total. The van der Waals surface area contributed by atoms with Crippen LogP contribution < -0.4 is 10.5 Å². The van der Waals surface area contributed by atoms with Gasteiger partial charge in [-0.05, 0) is 44.4 Å². The zero-order chi connectivity index (χ0) is 23.7. The lowest BCUT2D eigenvalue weighted by Crippen LogP contribution is -2.44. The molecule has 9 heteroatoms. The predicted octanol–water partition coefficient (Wildman–Crippen LogP) is 3.02. The van der Waals surface area contributed by atoms with Crippen molar-refractivity contribution in [3.63, 3.8) is 0 Å². The van der Waals surface area contributed by atoms with Crippen LogP contribution in [0.15, 0.2) is 29.7 Å². The molecule has 0 radical (unpaired) electrons. The molecule has 0 aliphatic carbocycles. The number of morpholine rings is 1. The van der Waals surface area contributed by atoms with E-state index < -0.39 is 0 Å². The normalized spacial score (nSPS) is 18.3. The van der Waals surface area contributed by atoms with Gasteiger partial charge < -0.3 is 14.2 Å². The zero-order valence-electron chi connectivity index (χ0n) is 19.4. The van der Waals surface area contributed by atoms with Crippen LogP contribution in [0.2, 0.25) is 0 Å². The molecule has 4 heterocycles. The van der Waals surface area contributed by atoms with Crippen LogP contribution in [0.4, 0.5) is 5.95 Å². The Morgan fingerprint density at radius 2 is 1.97 bits per heavy atom. The highest BCUT2D eigenvalue weighted by atomic mass is 16.5. The average Bonchev–Trinajstić information content (AvgIpc) is 2.79. The third-order valence-corrected chi connectivity index (χ3v) is 5.83. The first-order valence-electron chi connectivity index (χ1n) is 10.9. The summed E-state index contributed by atoms with van der Waals surface area (Å²) in [6, 6.07) is 5.51. The number of pyridine rings is 1. The van der Waals surface area contributed by atoms with Gasteiger partial charge in [0.25, 0.3) is 0 Å². The van der Waals surface area contributed by atoms with E-state index in [2.05, 4.69) is 27.5 Å². The molecule has 170 valence electrons. The molecule has 2 unspecified atom stereocenters. The predicted molar refractivity (Wildman–Crippen MR) is 126 cm³/mol. The monoisotopic (exact) mass is 445 g/mol. The van der Waals surface area contributed by atoms with E-state index in [0.29, 0.717) is 48.7 Å². The third-order valence-electron chi connectivity index (χ3n) is 5.83. The molecule has 0 bridgehead atoms. The highest BCUT2D eigenvalue weighted by Gasteiger charge is 2.29. The Balaban J connectivity index is 1.76. The van der Waals surface area contributed by atoms with Gasteiger partial charge >= 0.3 is 0 Å². The highest BCUT2D eigenvalue weighted by Crippen LogP contribution is 2.30. The molecule has 3 aromatic heterocycles. The van der Waals surface area contributed by atoms with Gasteiger partial charge in [0.2, 0.25) is 11.5 Å². The SMILES string of the molecule is C=C(CCC#N)c1nc(N2CC(C)OC(c3ccc(=O)n(C)c3)C2)nc2nc(C)c(C)nc12. The van der Waals surface area contributed by atoms with E-state index in [-0.39, 0.29) is 17.8 Å². The van der Waals surface area contributed by atoms with E-state index in [1.807, 2.05) is 20.8 Å². The molecule has 1 saturated heterocycles. The van der Waals surface area contributed by atoms with Gasteiger partial charge in [0.15, 0.2) is 5.65 Å². The summed E-state index contributed by atoms with van der Waals surface area (Å²) >= 11 is 0. The number of anilines is 1. The minimum absolute atomic E-state index is 0.0675. The van der Waals surface area contributed by atoms with Gasteiger partial charge in [-0.2, -0.15) is 10.2 Å². The number of ether oxygens (including phenoxy) is 1. The Morgan fingerprint density at radius 1 is 1.21 bits per heavy atom. The quantitative estimate of drug-likeness (QED) is 0.589. The molecule has 1 aliphatic rings. The molecule has 33 heavy (non-hydrogen) atoms. The van der Waals surface area contributed by atoms with Crippen molar-refractivity contribution in [2.24, 2.45) is 7.05 Å². The third kappa shape index (κ3) is 4.61. The number of fused-ring (bicyclic) bond motifs is 1. The fourth-order valence-corrected chi connectivity index (χ4v) is 3.92. The lowest BCUT2D eigenvalue weighted by atomic mass is 10.1. The first-order chi connectivity index (χ1) is 15.8. The minimum atomic E-state index is -0.240. The zero-order valence-corrected chi connectivity index (χ0v) is 19.4. The Morgan fingerprint density at radius 3 is 2.70 bits per heavy atom. The summed E-state index contributed by atoms with van der Waals surface area (Å²) in [7, 11) is 1.73. The molecule has 3 aromatic rings. The second kappa shape index (κ2) is 9.08. The number of hydrogen-bond donors (Lipinski definition) is 0. The van der Waals surface area contributed by atoms with Crippen molar-refractivity contribution >= 4 is 22.7 Å². The summed E-state index contributed by atoms with van der Waals surface area (Å²) < 4.78 is 7.73. The summed E-state index contributed by atoms with van der Waals surface area (Å²) in [6.45, 7) is 11.1. The van der Waals surface area contributed by atoms with Gasteiger partial charge in [-0.15, -0.1) is 0 Å². The topological polar surface area (TPSA) is 110 Å². The Kier molecular flexibility index (Phi) is 6.20. The van der Waals surface area contributed by atoms with E-state index >= 15 is 0 Å². The number of aryl methyl sites for hydroxylation is 3. The van der Waals surface area contributed by atoms with Crippen molar-refractivity contribution in [3.8, 4) is 6.07 Å². The first-order valence-corrected chi connectivity index (χ1v) is 10.9. The number of rotatable bonds is 5. The molecule has 0 aromatic carbocycles. The van der Waals surface area contributed by atoms with E-state index in [4.69, 9.17) is 20.0 Å². The van der Waals surface area contributed by atoms with Gasteiger partial charge in [0.1, 0.15) is 11.6 Å². The molecule has 1 aliphatic heterocycles. The molecular formula is C24H27N7O2. The fourth-order valence-electron chi connectivity index (χ4n) is 3.92. The van der Waals surface area contributed by atoms with Crippen LogP contribution in [-0.4, -0.2) is 43.7 Å². The molecule has 0 amide bonds. The minimum Gasteiger partial charge on any atom is -0.367 e. The number of allylic oxidation sites excluding steroid dienone is 1. The van der Waals surface area contributed by atoms with E-state index in [9.17, 15) is 4.79 Å². The lowest BCUT2D eigenvalue weighted by molar-refractivity contribution is -0.0181. The summed E-state index contributed by atoms with van der Waals surface area (Å²) in [5.41, 5.74) is 4.93. The fraction of sp³-hybridized carbons (Fsp3) is 0.417. The number of nitriles is 1. The Hall–Kier alpha value is -3.64. The second-order valence-corrected chi connectivity index (χ2v) is 8.45. The molecule has 2 atom stereocenters. The van der Waals surface area contributed by atoms with Gasteiger partial charge in [-0.3, -0.25) is 4.79 Å². The van der Waals surface area contributed by atoms with Crippen LogP contribution in [0, 0.1) is 25.2 Å². The van der Waals surface area contributed by atoms with Crippen LogP contribution in [0.3, 0.4) is 0 Å². The van der Waals surface area contributed by atoms with Crippen LogP contribution in [0.5, 0.6) is 0 Å². The smallest absolute Gasteiger partial charge is 0.250 e. The van der Waals surface area contributed by atoms with E-state index in [1.54, 1.807) is 29.9 Å². The van der Waals surface area contributed by atoms with Crippen molar-refractivity contribution in [2.45, 2.75) is 45.8 Å². The van der Waals surface area contributed by atoms with Gasteiger partial charge in [0, 0.05) is 32.3 Å². The van der Waals surface area contributed by atoms with Gasteiger partial charge in [-0.25, -0.2) is 15.0 Å². The van der Waals surface area contributed by atoms with Crippen LogP contribution in [-0.2, 0) is 11.8 Å². The van der Waals surface area contributed by atoms with Crippen molar-refractivity contribution in [1.29, 1.82) is 5.26 Å². The number of hydrogen-bond acceptors (Lipinski definition) is 8. The lowest BCUT2D eigenvalue weighted by Gasteiger charge is -2.37. The summed E-state index contributed by atoms with van der Waals surface area (Å²) in [5.74, 6) is 0.526. The Bertz CT molecular complexity index is 1320. The number of aromatic nitrogens is 5.